The van der Waals surface area contributed by atoms with Crippen LogP contribution < -0.4 is 15.6 Å². The number of hydrogen-bond acceptors (Lipinski definition) is 4. The van der Waals surface area contributed by atoms with Gasteiger partial charge in [0.25, 0.3) is 5.56 Å². The Morgan fingerprint density at radius 3 is 2.48 bits per heavy atom. The number of benzene rings is 2. The lowest BCUT2D eigenvalue weighted by Gasteiger charge is -2.31. The summed E-state index contributed by atoms with van der Waals surface area (Å²) in [5, 5.41) is 6.55. The minimum Gasteiger partial charge on any atom is -0.497 e. The molecule has 1 aromatic heterocycles. The van der Waals surface area contributed by atoms with E-state index in [2.05, 4.69) is 10.4 Å². The third kappa shape index (κ3) is 2.79. The third-order valence-corrected chi connectivity index (χ3v) is 5.70. The Balaban J connectivity index is 1.72. The molecule has 2 N–H and O–H groups in total. The van der Waals surface area contributed by atoms with Gasteiger partial charge in [0.1, 0.15) is 11.6 Å². The van der Waals surface area contributed by atoms with Crippen molar-refractivity contribution < 1.29 is 9.53 Å². The highest BCUT2D eigenvalue weighted by atomic mass is 16.5. The van der Waals surface area contributed by atoms with Gasteiger partial charge in [-0.2, -0.15) is 0 Å². The zero-order chi connectivity index (χ0) is 20.0. The van der Waals surface area contributed by atoms with E-state index >= 15 is 0 Å². The molecule has 3 aromatic rings. The average molecular weight is 387 g/mol. The summed E-state index contributed by atoms with van der Waals surface area (Å²) >= 11 is 0. The number of para-hydroxylation sites is 1. The normalized spacial score (nSPS) is 18.1. The van der Waals surface area contributed by atoms with Crippen LogP contribution >= 0.6 is 0 Å². The zero-order valence-electron chi connectivity index (χ0n) is 16.1. The van der Waals surface area contributed by atoms with Crippen LogP contribution in [0.15, 0.2) is 70.7 Å². The molecule has 2 aromatic carbocycles. The zero-order valence-corrected chi connectivity index (χ0v) is 16.1. The highest BCUT2D eigenvalue weighted by Gasteiger charge is 2.38. The van der Waals surface area contributed by atoms with Gasteiger partial charge in [-0.3, -0.25) is 14.7 Å². The summed E-state index contributed by atoms with van der Waals surface area (Å²) in [6, 6.07) is 17.1. The summed E-state index contributed by atoms with van der Waals surface area (Å²) in [5.41, 5.74) is 3.72. The van der Waals surface area contributed by atoms with E-state index in [4.69, 9.17) is 4.74 Å². The first kappa shape index (κ1) is 17.6. The number of aromatic amines is 1. The van der Waals surface area contributed by atoms with E-state index in [1.54, 1.807) is 7.11 Å². The number of anilines is 1. The largest absolute Gasteiger partial charge is 0.497 e. The summed E-state index contributed by atoms with van der Waals surface area (Å²) in [6.45, 7) is 0. The number of ketones is 1. The fourth-order valence-electron chi connectivity index (χ4n) is 4.33. The molecule has 0 radical (unpaired) electrons. The van der Waals surface area contributed by atoms with Crippen molar-refractivity contribution in [2.75, 3.05) is 12.4 Å². The first-order valence-electron chi connectivity index (χ1n) is 9.75. The van der Waals surface area contributed by atoms with E-state index in [0.29, 0.717) is 23.4 Å². The van der Waals surface area contributed by atoms with Crippen molar-refractivity contribution in [3.8, 4) is 11.4 Å². The molecule has 0 unspecified atom stereocenters. The van der Waals surface area contributed by atoms with Crippen LogP contribution in [0, 0.1) is 0 Å². The van der Waals surface area contributed by atoms with E-state index in [-0.39, 0.29) is 11.3 Å². The Bertz CT molecular complexity index is 1170. The van der Waals surface area contributed by atoms with Crippen LogP contribution in [0.1, 0.15) is 36.3 Å². The molecule has 0 amide bonds. The number of fused-ring (bicyclic) bond motifs is 1. The number of nitrogens with one attached hydrogen (secondary N) is 2. The monoisotopic (exact) mass is 387 g/mol. The Morgan fingerprint density at radius 1 is 1.00 bits per heavy atom. The molecule has 29 heavy (non-hydrogen) atoms. The molecule has 1 atom stereocenters. The van der Waals surface area contributed by atoms with Crippen molar-refractivity contribution in [2.45, 2.75) is 25.2 Å². The highest BCUT2D eigenvalue weighted by molar-refractivity contribution is 6.00. The van der Waals surface area contributed by atoms with E-state index in [1.807, 2.05) is 54.6 Å². The molecule has 1 aliphatic heterocycles. The SMILES string of the molecule is COc1ccc([C@H]2C3=C(CCCC3=O)Nc3[nH]n(-c4ccccc4)c(=O)c32)cc1. The lowest BCUT2D eigenvalue weighted by atomic mass is 9.77. The molecule has 0 spiro atoms. The second-order valence-corrected chi connectivity index (χ2v) is 7.38. The maximum atomic E-state index is 13.4. The summed E-state index contributed by atoms with van der Waals surface area (Å²) < 4.78 is 6.81. The maximum absolute atomic E-state index is 13.4. The lowest BCUT2D eigenvalue weighted by molar-refractivity contribution is -0.116. The summed E-state index contributed by atoms with van der Waals surface area (Å²) in [4.78, 5) is 26.3. The summed E-state index contributed by atoms with van der Waals surface area (Å²) in [6.07, 6.45) is 2.13. The molecule has 2 aliphatic rings. The Labute approximate surface area is 167 Å². The van der Waals surface area contributed by atoms with Gasteiger partial charge in [0.2, 0.25) is 0 Å². The van der Waals surface area contributed by atoms with E-state index in [9.17, 15) is 9.59 Å². The number of Topliss-reactive ketones (excluding diaryl/α,β-unsaturated/α-hetero) is 1. The standard InChI is InChI=1S/C23H21N3O3/c1-29-16-12-10-14(11-13-16)19-20-17(8-5-9-18(20)27)24-22-21(19)23(28)26(25-22)15-6-3-2-4-7-15/h2-4,6-7,10-13,19,24-25H,5,8-9H2,1H3/t19-/m0/s1. The fourth-order valence-corrected chi connectivity index (χ4v) is 4.33. The van der Waals surface area contributed by atoms with Gasteiger partial charge in [-0.1, -0.05) is 30.3 Å². The minimum atomic E-state index is -0.395. The molecule has 0 bridgehead atoms. The number of H-pyrrole nitrogens is 1. The smallest absolute Gasteiger partial charge is 0.277 e. The second kappa shape index (κ2) is 6.81. The average Bonchev–Trinajstić information content (AvgIpc) is 3.09. The lowest BCUT2D eigenvalue weighted by Crippen LogP contribution is -2.29. The molecule has 1 aliphatic carbocycles. The topological polar surface area (TPSA) is 76.1 Å². The Hall–Kier alpha value is -3.54. The minimum absolute atomic E-state index is 0.108. The first-order valence-corrected chi connectivity index (χ1v) is 9.75. The van der Waals surface area contributed by atoms with Crippen LogP contribution in [0.3, 0.4) is 0 Å². The van der Waals surface area contributed by atoms with Crippen molar-refractivity contribution in [3.05, 3.63) is 87.3 Å². The number of carbonyl (C=O) groups excluding carboxylic acids is 1. The van der Waals surface area contributed by atoms with Gasteiger partial charge in [-0.25, -0.2) is 4.68 Å². The van der Waals surface area contributed by atoms with Crippen molar-refractivity contribution in [2.24, 2.45) is 0 Å². The van der Waals surface area contributed by atoms with Crippen LogP contribution in [0.4, 0.5) is 5.82 Å². The molecular weight excluding hydrogens is 366 g/mol. The van der Waals surface area contributed by atoms with Crippen LogP contribution in [0.5, 0.6) is 5.75 Å². The molecular formula is C23H21N3O3. The van der Waals surface area contributed by atoms with Crippen molar-refractivity contribution in [3.63, 3.8) is 0 Å². The van der Waals surface area contributed by atoms with Gasteiger partial charge in [-0.15, -0.1) is 0 Å². The quantitative estimate of drug-likeness (QED) is 0.718. The van der Waals surface area contributed by atoms with Gasteiger partial charge in [0.15, 0.2) is 5.78 Å². The first-order chi connectivity index (χ1) is 14.2. The molecule has 0 saturated heterocycles. The van der Waals surface area contributed by atoms with E-state index in [1.165, 1.54) is 4.68 Å². The number of rotatable bonds is 3. The van der Waals surface area contributed by atoms with Crippen LogP contribution in [-0.2, 0) is 4.79 Å². The second-order valence-electron chi connectivity index (χ2n) is 7.38. The third-order valence-electron chi connectivity index (χ3n) is 5.70. The predicted molar refractivity (Wildman–Crippen MR) is 111 cm³/mol. The van der Waals surface area contributed by atoms with Gasteiger partial charge >= 0.3 is 0 Å². The number of allylic oxidation sites excluding steroid dienone is 2. The number of nitrogens with zero attached hydrogens (tertiary/aromatic N) is 1. The van der Waals surface area contributed by atoms with Crippen molar-refractivity contribution in [1.82, 2.24) is 9.78 Å². The van der Waals surface area contributed by atoms with E-state index in [0.717, 1.165) is 35.5 Å². The van der Waals surface area contributed by atoms with Crippen LogP contribution in [0.2, 0.25) is 0 Å². The van der Waals surface area contributed by atoms with Gasteiger partial charge in [0, 0.05) is 23.6 Å². The van der Waals surface area contributed by atoms with Crippen LogP contribution in [-0.4, -0.2) is 22.7 Å². The number of carbonyl (C=O) groups is 1. The number of methoxy groups -OCH3 is 1. The molecule has 146 valence electrons. The van der Waals surface area contributed by atoms with Crippen molar-refractivity contribution >= 4 is 11.6 Å². The molecule has 6 heteroatoms. The number of hydrogen-bond donors (Lipinski definition) is 2. The van der Waals surface area contributed by atoms with Gasteiger partial charge in [0.05, 0.1) is 18.4 Å². The number of aromatic nitrogens is 2. The Morgan fingerprint density at radius 2 is 1.76 bits per heavy atom. The highest BCUT2D eigenvalue weighted by Crippen LogP contribution is 2.43. The van der Waals surface area contributed by atoms with Gasteiger partial charge < -0.3 is 10.1 Å². The summed E-state index contributed by atoms with van der Waals surface area (Å²) in [7, 11) is 1.62. The molecule has 2 heterocycles. The maximum Gasteiger partial charge on any atom is 0.277 e. The van der Waals surface area contributed by atoms with E-state index < -0.39 is 5.92 Å². The number of ether oxygens (including phenoxy) is 1. The van der Waals surface area contributed by atoms with Crippen LogP contribution in [0.25, 0.3) is 5.69 Å². The summed E-state index contributed by atoms with van der Waals surface area (Å²) in [5.74, 6) is 1.11. The molecule has 5 rings (SSSR count). The van der Waals surface area contributed by atoms with Gasteiger partial charge in [-0.05, 0) is 42.7 Å². The molecule has 6 nitrogen and oxygen atoms in total. The van der Waals surface area contributed by atoms with Crippen molar-refractivity contribution in [1.29, 1.82) is 0 Å². The predicted octanol–water partition coefficient (Wildman–Crippen LogP) is 3.74. The molecule has 0 fully saturated rings. The fraction of sp³-hybridized carbons (Fsp3) is 0.217. The molecule has 0 saturated carbocycles. The Kier molecular flexibility index (Phi) is 4.12.